The molecule has 6 nitrogen and oxygen atoms in total. The summed E-state index contributed by atoms with van der Waals surface area (Å²) in [5.41, 5.74) is 5.08. The fraction of sp³-hybridized carbons (Fsp3) is 0.304. The lowest BCUT2D eigenvalue weighted by Gasteiger charge is -2.29. The van der Waals surface area contributed by atoms with E-state index in [9.17, 15) is 4.79 Å². The molecule has 30 heavy (non-hydrogen) atoms. The van der Waals surface area contributed by atoms with Gasteiger partial charge in [0.15, 0.2) is 5.17 Å². The summed E-state index contributed by atoms with van der Waals surface area (Å²) in [6, 6.07) is 12.1. The molecule has 2 aliphatic rings. The maximum absolute atomic E-state index is 12.5. The lowest BCUT2D eigenvalue weighted by atomic mass is 10.1. The zero-order chi connectivity index (χ0) is 21.1. The predicted molar refractivity (Wildman–Crippen MR) is 123 cm³/mol. The monoisotopic (exact) mass is 423 g/mol. The van der Waals surface area contributed by atoms with Gasteiger partial charge in [-0.05, 0) is 55.4 Å². The summed E-state index contributed by atoms with van der Waals surface area (Å²) in [7, 11) is 1.65. The molecule has 0 spiro atoms. The highest BCUT2D eigenvalue weighted by atomic mass is 32.2. The van der Waals surface area contributed by atoms with Crippen LogP contribution in [0.5, 0.6) is 5.75 Å². The molecule has 1 amide bonds. The first kappa shape index (κ1) is 20.5. The number of carbonyl (C=O) groups is 1. The van der Waals surface area contributed by atoms with Crippen molar-refractivity contribution in [2.24, 2.45) is 4.99 Å². The van der Waals surface area contributed by atoms with E-state index < -0.39 is 0 Å². The normalized spacial score (nSPS) is 19.4. The van der Waals surface area contributed by atoms with Crippen molar-refractivity contribution in [1.29, 1.82) is 0 Å². The summed E-state index contributed by atoms with van der Waals surface area (Å²) in [5.74, 6) is 0.586. The lowest BCUT2D eigenvalue weighted by Crippen LogP contribution is -2.36. The number of aryl methyl sites for hydroxylation is 2. The van der Waals surface area contributed by atoms with Gasteiger partial charge in [0.1, 0.15) is 5.75 Å². The summed E-state index contributed by atoms with van der Waals surface area (Å²) in [4.78, 5) is 20.0. The lowest BCUT2D eigenvalue weighted by molar-refractivity contribution is -0.115. The Bertz CT molecular complexity index is 1030. The standard InChI is InChI=1S/C23H25N3O3S/c1-15-4-7-19(16(2)12-15)24-23-25-22(27)21(30-23)13-17-5-6-18(14-20(17)28-3)26-8-10-29-11-9-26/h4-7,12-14H,8-11H2,1-3H3,(H,24,25,27)/b21-13-. The minimum absolute atomic E-state index is 0.150. The van der Waals surface area contributed by atoms with Gasteiger partial charge < -0.3 is 19.7 Å². The van der Waals surface area contributed by atoms with Gasteiger partial charge in [-0.2, -0.15) is 0 Å². The predicted octanol–water partition coefficient (Wildman–Crippen LogP) is 4.04. The van der Waals surface area contributed by atoms with Crippen molar-refractivity contribution < 1.29 is 14.3 Å². The molecule has 0 aromatic heterocycles. The highest BCUT2D eigenvalue weighted by molar-refractivity contribution is 8.18. The Hall–Kier alpha value is -2.77. The molecular formula is C23H25N3O3S. The third kappa shape index (κ3) is 4.52. The number of hydrogen-bond donors (Lipinski definition) is 1. The minimum atomic E-state index is -0.150. The summed E-state index contributed by atoms with van der Waals surface area (Å²) in [6.45, 7) is 7.25. The SMILES string of the molecule is COc1cc(N2CCOCC2)ccc1/C=C1\SC(=Nc2ccc(C)cc2C)NC1=O. The number of methoxy groups -OCH3 is 1. The molecule has 0 aliphatic carbocycles. The molecule has 2 heterocycles. The molecule has 0 saturated carbocycles. The number of rotatable bonds is 4. The fourth-order valence-electron chi connectivity index (χ4n) is 3.50. The van der Waals surface area contributed by atoms with Gasteiger partial charge in [-0.15, -0.1) is 0 Å². The van der Waals surface area contributed by atoms with Gasteiger partial charge in [-0.3, -0.25) is 4.79 Å². The van der Waals surface area contributed by atoms with E-state index in [1.807, 2.05) is 37.3 Å². The highest BCUT2D eigenvalue weighted by Gasteiger charge is 2.24. The molecule has 156 valence electrons. The van der Waals surface area contributed by atoms with Crippen molar-refractivity contribution in [2.45, 2.75) is 13.8 Å². The Morgan fingerprint density at radius 2 is 1.97 bits per heavy atom. The molecular weight excluding hydrogens is 398 g/mol. The molecule has 0 bridgehead atoms. The average Bonchev–Trinajstić information content (AvgIpc) is 3.10. The Labute approximate surface area is 181 Å². The molecule has 1 N–H and O–H groups in total. The van der Waals surface area contributed by atoms with Crippen molar-refractivity contribution in [2.75, 3.05) is 38.3 Å². The van der Waals surface area contributed by atoms with Crippen LogP contribution >= 0.6 is 11.8 Å². The topological polar surface area (TPSA) is 63.2 Å². The molecule has 7 heteroatoms. The van der Waals surface area contributed by atoms with E-state index in [-0.39, 0.29) is 5.91 Å². The smallest absolute Gasteiger partial charge is 0.264 e. The average molecular weight is 424 g/mol. The second-order valence-corrected chi connectivity index (χ2v) is 8.33. The largest absolute Gasteiger partial charge is 0.496 e. The van der Waals surface area contributed by atoms with Gasteiger partial charge in [-0.1, -0.05) is 17.7 Å². The number of amides is 1. The molecule has 0 unspecified atom stereocenters. The van der Waals surface area contributed by atoms with Crippen LogP contribution in [0.15, 0.2) is 46.3 Å². The Morgan fingerprint density at radius 3 is 2.70 bits per heavy atom. The van der Waals surface area contributed by atoms with Crippen molar-refractivity contribution in [3.63, 3.8) is 0 Å². The number of ether oxygens (including phenoxy) is 2. The molecule has 0 radical (unpaired) electrons. The maximum Gasteiger partial charge on any atom is 0.264 e. The Kier molecular flexibility index (Phi) is 6.11. The van der Waals surface area contributed by atoms with Gasteiger partial charge in [0.2, 0.25) is 0 Å². The Balaban J connectivity index is 1.56. The third-order valence-corrected chi connectivity index (χ3v) is 6.01. The number of hydrogen-bond acceptors (Lipinski definition) is 6. The molecule has 2 aromatic carbocycles. The molecule has 0 atom stereocenters. The van der Waals surface area contributed by atoms with Crippen LogP contribution in [-0.4, -0.2) is 44.5 Å². The molecule has 2 aliphatic heterocycles. The van der Waals surface area contributed by atoms with Crippen molar-refractivity contribution in [1.82, 2.24) is 5.32 Å². The van der Waals surface area contributed by atoms with E-state index in [4.69, 9.17) is 9.47 Å². The highest BCUT2D eigenvalue weighted by Crippen LogP contribution is 2.33. The number of amidine groups is 1. The van der Waals surface area contributed by atoms with Crippen LogP contribution in [0.2, 0.25) is 0 Å². The van der Waals surface area contributed by atoms with Crippen LogP contribution in [-0.2, 0) is 9.53 Å². The number of aliphatic imine (C=N–C) groups is 1. The molecule has 4 rings (SSSR count). The van der Waals surface area contributed by atoms with Gasteiger partial charge in [0.25, 0.3) is 5.91 Å². The first-order valence-electron chi connectivity index (χ1n) is 9.91. The van der Waals surface area contributed by atoms with E-state index in [1.165, 1.54) is 17.3 Å². The summed E-state index contributed by atoms with van der Waals surface area (Å²) in [6.07, 6.45) is 1.85. The van der Waals surface area contributed by atoms with Crippen LogP contribution in [0, 0.1) is 13.8 Å². The number of benzene rings is 2. The second-order valence-electron chi connectivity index (χ2n) is 7.30. The zero-order valence-corrected chi connectivity index (χ0v) is 18.2. The van der Waals surface area contributed by atoms with Gasteiger partial charge in [0.05, 0.1) is 30.9 Å². The van der Waals surface area contributed by atoms with Crippen molar-refractivity contribution in [3.8, 4) is 5.75 Å². The quantitative estimate of drug-likeness (QED) is 0.752. The van der Waals surface area contributed by atoms with Gasteiger partial charge in [0, 0.05) is 30.4 Å². The maximum atomic E-state index is 12.5. The first-order chi connectivity index (χ1) is 14.5. The van der Waals surface area contributed by atoms with Crippen LogP contribution in [0.25, 0.3) is 6.08 Å². The number of morpholine rings is 1. The van der Waals surface area contributed by atoms with Gasteiger partial charge in [-0.25, -0.2) is 4.99 Å². The number of anilines is 1. The van der Waals surface area contributed by atoms with E-state index in [1.54, 1.807) is 7.11 Å². The zero-order valence-electron chi connectivity index (χ0n) is 17.4. The number of thioether (sulfide) groups is 1. The van der Waals surface area contributed by atoms with Crippen LogP contribution in [0.4, 0.5) is 11.4 Å². The van der Waals surface area contributed by atoms with E-state index in [0.29, 0.717) is 10.1 Å². The number of nitrogens with one attached hydrogen (secondary N) is 1. The van der Waals surface area contributed by atoms with Crippen LogP contribution in [0.3, 0.4) is 0 Å². The molecule has 2 fully saturated rings. The third-order valence-electron chi connectivity index (χ3n) is 5.11. The van der Waals surface area contributed by atoms with E-state index >= 15 is 0 Å². The van der Waals surface area contributed by atoms with Crippen molar-refractivity contribution >= 4 is 40.3 Å². The van der Waals surface area contributed by atoms with Gasteiger partial charge >= 0.3 is 0 Å². The second kappa shape index (κ2) is 8.93. The molecule has 2 aromatic rings. The van der Waals surface area contributed by atoms with E-state index in [0.717, 1.165) is 54.6 Å². The minimum Gasteiger partial charge on any atom is -0.496 e. The summed E-state index contributed by atoms with van der Waals surface area (Å²) >= 11 is 1.34. The summed E-state index contributed by atoms with van der Waals surface area (Å²) < 4.78 is 11.0. The summed E-state index contributed by atoms with van der Waals surface area (Å²) in [5, 5.41) is 3.44. The Morgan fingerprint density at radius 1 is 1.17 bits per heavy atom. The van der Waals surface area contributed by atoms with E-state index in [2.05, 4.69) is 34.3 Å². The number of carbonyl (C=O) groups excluding carboxylic acids is 1. The molecule has 2 saturated heterocycles. The number of nitrogens with zero attached hydrogens (tertiary/aromatic N) is 2. The van der Waals surface area contributed by atoms with Crippen molar-refractivity contribution in [3.05, 3.63) is 58.0 Å². The first-order valence-corrected chi connectivity index (χ1v) is 10.7. The fourth-order valence-corrected chi connectivity index (χ4v) is 4.32. The van der Waals surface area contributed by atoms with Crippen LogP contribution < -0.4 is 15.0 Å². The van der Waals surface area contributed by atoms with Crippen LogP contribution in [0.1, 0.15) is 16.7 Å².